The Morgan fingerprint density at radius 1 is 0.931 bits per heavy atom. The Balaban J connectivity index is 2.35. The van der Waals surface area contributed by atoms with Crippen LogP contribution in [0.3, 0.4) is 0 Å². The van der Waals surface area contributed by atoms with Crippen molar-refractivity contribution < 1.29 is 39.6 Å². The van der Waals surface area contributed by atoms with E-state index in [1.165, 1.54) is 18.2 Å². The first-order valence-electron chi connectivity index (χ1n) is 7.77. The monoisotopic (exact) mass is 457 g/mol. The third-order valence-corrected chi connectivity index (χ3v) is 6.38. The molecule has 0 saturated heterocycles. The van der Waals surface area contributed by atoms with E-state index in [-0.39, 0.29) is 10.6 Å². The van der Waals surface area contributed by atoms with Crippen molar-refractivity contribution in [3.8, 4) is 0 Å². The molecule has 0 aliphatic carbocycles. The van der Waals surface area contributed by atoms with Gasteiger partial charge in [0.05, 0.1) is 0 Å². The third kappa shape index (κ3) is 3.35. The van der Waals surface area contributed by atoms with Gasteiger partial charge in [-0.1, -0.05) is 59.2 Å². The number of alkyl halides is 6. The van der Waals surface area contributed by atoms with Gasteiger partial charge in [0, 0.05) is 16.1 Å². The van der Waals surface area contributed by atoms with Crippen molar-refractivity contribution in [3.05, 3.63) is 70.7 Å². The standard InChI is InChI=1S/C17H10ClF6NO3S/c18-12-8-6-11(7-9-12)15(16(19,20)21)14(29(26,27)17(22,23)24)13(25-28-15)10-4-2-1-3-5-10/h1-9,14H/t14-,15-/m0/s1. The average molecular weight is 458 g/mol. The molecular formula is C17H10ClF6NO3S. The van der Waals surface area contributed by atoms with Crippen molar-refractivity contribution >= 4 is 27.1 Å². The zero-order valence-corrected chi connectivity index (χ0v) is 15.6. The van der Waals surface area contributed by atoms with Gasteiger partial charge in [-0.05, 0) is 12.1 Å². The smallest absolute Gasteiger partial charge is 0.372 e. The summed E-state index contributed by atoms with van der Waals surface area (Å²) in [5, 5.41) is -0.0636. The van der Waals surface area contributed by atoms with E-state index in [4.69, 9.17) is 11.6 Å². The lowest BCUT2D eigenvalue weighted by molar-refractivity contribution is -0.274. The van der Waals surface area contributed by atoms with Crippen molar-refractivity contribution in [1.29, 1.82) is 0 Å². The maximum atomic E-state index is 14.2. The first-order valence-corrected chi connectivity index (χ1v) is 9.69. The maximum Gasteiger partial charge on any atom is 0.498 e. The Morgan fingerprint density at radius 2 is 1.48 bits per heavy atom. The van der Waals surface area contributed by atoms with Crippen LogP contribution in [0.1, 0.15) is 11.1 Å². The van der Waals surface area contributed by atoms with E-state index in [1.807, 2.05) is 0 Å². The lowest BCUT2D eigenvalue weighted by Crippen LogP contribution is -2.58. The molecule has 0 N–H and O–H groups in total. The van der Waals surface area contributed by atoms with Gasteiger partial charge in [0.25, 0.3) is 15.4 Å². The largest absolute Gasteiger partial charge is 0.498 e. The molecular weight excluding hydrogens is 448 g/mol. The van der Waals surface area contributed by atoms with Crippen LogP contribution in [0.25, 0.3) is 0 Å². The molecule has 0 radical (unpaired) electrons. The van der Waals surface area contributed by atoms with Gasteiger partial charge in [-0.15, -0.1) is 0 Å². The van der Waals surface area contributed by atoms with Crippen molar-refractivity contribution in [2.75, 3.05) is 0 Å². The first kappa shape index (κ1) is 21.4. The van der Waals surface area contributed by atoms with Crippen LogP contribution >= 0.6 is 11.6 Å². The van der Waals surface area contributed by atoms with Crippen molar-refractivity contribution in [2.24, 2.45) is 5.16 Å². The summed E-state index contributed by atoms with van der Waals surface area (Å²) in [6.07, 6.45) is -5.58. The Hall–Kier alpha value is -2.27. The Morgan fingerprint density at radius 3 is 1.97 bits per heavy atom. The number of halogens is 7. The van der Waals surface area contributed by atoms with Gasteiger partial charge < -0.3 is 4.84 Å². The fourth-order valence-electron chi connectivity index (χ4n) is 2.99. The third-order valence-electron chi connectivity index (χ3n) is 4.30. The summed E-state index contributed by atoms with van der Waals surface area (Å²) >= 11 is 5.65. The molecule has 2 atom stereocenters. The molecule has 0 unspecified atom stereocenters. The van der Waals surface area contributed by atoms with Gasteiger partial charge in [-0.25, -0.2) is 8.42 Å². The molecule has 0 spiro atoms. The van der Waals surface area contributed by atoms with E-state index < -0.39 is 43.6 Å². The lowest BCUT2D eigenvalue weighted by Gasteiger charge is -2.35. The van der Waals surface area contributed by atoms with E-state index in [1.54, 1.807) is 0 Å². The van der Waals surface area contributed by atoms with Crippen LogP contribution in [0.4, 0.5) is 26.3 Å². The highest BCUT2D eigenvalue weighted by atomic mass is 35.5. The number of sulfone groups is 1. The molecule has 1 aliphatic heterocycles. The number of hydrogen-bond donors (Lipinski definition) is 0. The molecule has 2 aromatic rings. The summed E-state index contributed by atoms with van der Waals surface area (Å²) in [6.45, 7) is 0. The molecule has 3 rings (SSSR count). The zero-order chi connectivity index (χ0) is 21.7. The number of nitrogens with zero attached hydrogens (tertiary/aromatic N) is 1. The van der Waals surface area contributed by atoms with Crippen molar-refractivity contribution in [1.82, 2.24) is 0 Å². The number of oxime groups is 1. The topological polar surface area (TPSA) is 55.7 Å². The Kier molecular flexibility index (Phi) is 5.11. The van der Waals surface area contributed by atoms with E-state index >= 15 is 0 Å². The van der Waals surface area contributed by atoms with E-state index in [0.29, 0.717) is 0 Å². The van der Waals surface area contributed by atoms with Crippen LogP contribution in [0.5, 0.6) is 0 Å². The highest BCUT2D eigenvalue weighted by Gasteiger charge is 2.75. The summed E-state index contributed by atoms with van der Waals surface area (Å²) in [6, 6.07) is 9.79. The molecule has 0 fully saturated rings. The number of rotatable bonds is 3. The molecule has 29 heavy (non-hydrogen) atoms. The fourth-order valence-corrected chi connectivity index (χ4v) is 4.60. The molecule has 12 heteroatoms. The second kappa shape index (κ2) is 6.91. The number of benzene rings is 2. The quantitative estimate of drug-likeness (QED) is 0.620. The lowest BCUT2D eigenvalue weighted by atomic mass is 9.86. The van der Waals surface area contributed by atoms with Crippen LogP contribution in [-0.4, -0.2) is 31.1 Å². The minimum atomic E-state index is -6.43. The predicted octanol–water partition coefficient (Wildman–Crippen LogP) is 4.84. The SMILES string of the molecule is O=S(=O)([C@H]1C(c2ccccc2)=NO[C@]1(c1ccc(Cl)cc1)C(F)(F)F)C(F)(F)F. The molecule has 0 amide bonds. The summed E-state index contributed by atoms with van der Waals surface area (Å²) in [5.74, 6) is 0. The van der Waals surface area contributed by atoms with Crippen LogP contribution in [0.2, 0.25) is 5.02 Å². The van der Waals surface area contributed by atoms with E-state index in [9.17, 15) is 34.8 Å². The first-order chi connectivity index (χ1) is 13.3. The second-order valence-corrected chi connectivity index (χ2v) is 8.51. The van der Waals surface area contributed by atoms with Gasteiger partial charge in [0.15, 0.2) is 5.25 Å². The molecule has 156 valence electrons. The highest BCUT2D eigenvalue weighted by Crippen LogP contribution is 2.53. The van der Waals surface area contributed by atoms with Crippen LogP contribution in [-0.2, 0) is 20.3 Å². The van der Waals surface area contributed by atoms with Gasteiger partial charge >= 0.3 is 11.7 Å². The van der Waals surface area contributed by atoms with Crippen LogP contribution in [0, 0.1) is 0 Å². The summed E-state index contributed by atoms with van der Waals surface area (Å²) < 4.78 is 107. The second-order valence-electron chi connectivity index (χ2n) is 6.04. The van der Waals surface area contributed by atoms with Crippen LogP contribution in [0.15, 0.2) is 59.8 Å². The Labute approximate surface area is 165 Å². The van der Waals surface area contributed by atoms with Gasteiger partial charge in [-0.3, -0.25) is 0 Å². The van der Waals surface area contributed by atoms with Gasteiger partial charge in [0.2, 0.25) is 0 Å². The highest BCUT2D eigenvalue weighted by molar-refractivity contribution is 7.93. The van der Waals surface area contributed by atoms with Crippen molar-refractivity contribution in [2.45, 2.75) is 22.5 Å². The summed E-state index contributed by atoms with van der Waals surface area (Å²) in [5.41, 5.74) is -12.1. The molecule has 1 aliphatic rings. The minimum absolute atomic E-state index is 0.0106. The molecule has 4 nitrogen and oxygen atoms in total. The molecule has 2 aromatic carbocycles. The Bertz CT molecular complexity index is 1040. The van der Waals surface area contributed by atoms with Gasteiger partial charge in [0.1, 0.15) is 5.71 Å². The molecule has 0 bridgehead atoms. The molecule has 0 saturated carbocycles. The molecule has 1 heterocycles. The summed E-state index contributed by atoms with van der Waals surface area (Å²) in [4.78, 5) is 4.53. The van der Waals surface area contributed by atoms with Crippen molar-refractivity contribution in [3.63, 3.8) is 0 Å². The summed E-state index contributed by atoms with van der Waals surface area (Å²) in [7, 11) is -6.43. The predicted molar refractivity (Wildman–Crippen MR) is 92.0 cm³/mol. The normalized spacial score (nSPS) is 22.9. The number of hydrogen-bond acceptors (Lipinski definition) is 4. The average Bonchev–Trinajstić information content (AvgIpc) is 3.04. The van der Waals surface area contributed by atoms with E-state index in [2.05, 4.69) is 9.99 Å². The molecule has 0 aromatic heterocycles. The zero-order valence-electron chi connectivity index (χ0n) is 14.0. The maximum absolute atomic E-state index is 14.2. The minimum Gasteiger partial charge on any atom is -0.372 e. The fraction of sp³-hybridized carbons (Fsp3) is 0.235. The van der Waals surface area contributed by atoms with E-state index in [0.717, 1.165) is 36.4 Å². The van der Waals surface area contributed by atoms with Gasteiger partial charge in [-0.2, -0.15) is 26.3 Å². The van der Waals surface area contributed by atoms with Crippen LogP contribution < -0.4 is 0 Å².